The van der Waals surface area contributed by atoms with Crippen molar-refractivity contribution in [3.8, 4) is 22.3 Å². The van der Waals surface area contributed by atoms with Crippen molar-refractivity contribution in [3.63, 3.8) is 0 Å². The summed E-state index contributed by atoms with van der Waals surface area (Å²) in [5.74, 6) is 0. The van der Waals surface area contributed by atoms with Crippen LogP contribution in [0.15, 0.2) is 91.1 Å². The molecule has 2 aliphatic rings. The number of rotatable bonds is 0. The molecule has 3 heterocycles. The lowest BCUT2D eigenvalue weighted by atomic mass is 9.94. The van der Waals surface area contributed by atoms with Crippen LogP contribution in [0.25, 0.3) is 60.7 Å². The quantitative estimate of drug-likeness (QED) is 0.229. The van der Waals surface area contributed by atoms with Crippen molar-refractivity contribution in [3.05, 3.63) is 113 Å². The Morgan fingerprint density at radius 3 is 2.46 bits per heavy atom. The standard InChI is InChI=1S/C32H19N3/c1-2-7-21-18(6-1)16-19-11-14-23-25(28(19)21)17-20-12-13-22-24-8-5-15-33-31(24)35-27-10-4-3-9-26(27)34-32(35)30(22)29(20)23/h1-15H,16-17H2. The second-order valence-electron chi connectivity index (χ2n) is 9.79. The lowest BCUT2D eigenvalue weighted by Crippen LogP contribution is -1.95. The van der Waals surface area contributed by atoms with E-state index in [0.29, 0.717) is 0 Å². The first kappa shape index (κ1) is 17.9. The Labute approximate surface area is 201 Å². The summed E-state index contributed by atoms with van der Waals surface area (Å²) >= 11 is 0. The molecule has 0 aliphatic heterocycles. The van der Waals surface area contributed by atoms with Crippen molar-refractivity contribution >= 4 is 38.5 Å². The predicted octanol–water partition coefficient (Wildman–Crippen LogP) is 7.33. The fourth-order valence-corrected chi connectivity index (χ4v) is 6.66. The maximum Gasteiger partial charge on any atom is 0.148 e. The fraction of sp³-hybridized carbons (Fsp3) is 0.0625. The highest BCUT2D eigenvalue weighted by Crippen LogP contribution is 2.50. The van der Waals surface area contributed by atoms with E-state index in [4.69, 9.17) is 9.97 Å². The maximum atomic E-state index is 5.18. The summed E-state index contributed by atoms with van der Waals surface area (Å²) in [6.45, 7) is 0. The summed E-state index contributed by atoms with van der Waals surface area (Å²) in [5, 5.41) is 3.63. The molecule has 0 bridgehead atoms. The van der Waals surface area contributed by atoms with E-state index in [1.165, 1.54) is 60.7 Å². The molecule has 3 heteroatoms. The van der Waals surface area contributed by atoms with Crippen molar-refractivity contribution in [2.24, 2.45) is 0 Å². The Morgan fingerprint density at radius 1 is 0.600 bits per heavy atom. The molecule has 9 rings (SSSR count). The molecule has 0 radical (unpaired) electrons. The zero-order valence-electron chi connectivity index (χ0n) is 18.9. The van der Waals surface area contributed by atoms with Gasteiger partial charge in [-0.05, 0) is 87.0 Å². The molecule has 0 N–H and O–H groups in total. The first-order valence-electron chi connectivity index (χ1n) is 12.2. The highest BCUT2D eigenvalue weighted by atomic mass is 15.1. The van der Waals surface area contributed by atoms with E-state index in [0.717, 1.165) is 35.2 Å². The van der Waals surface area contributed by atoms with Gasteiger partial charge < -0.3 is 0 Å². The minimum atomic E-state index is 0.963. The Morgan fingerprint density at radius 2 is 1.46 bits per heavy atom. The molecular formula is C32H19N3. The fourth-order valence-electron chi connectivity index (χ4n) is 6.66. The normalized spacial score (nSPS) is 13.5. The van der Waals surface area contributed by atoms with Crippen LogP contribution in [-0.2, 0) is 12.8 Å². The summed E-state index contributed by atoms with van der Waals surface area (Å²) in [4.78, 5) is 9.99. The van der Waals surface area contributed by atoms with E-state index >= 15 is 0 Å². The highest BCUT2D eigenvalue weighted by molar-refractivity contribution is 6.19. The molecule has 7 aromatic rings. The van der Waals surface area contributed by atoms with Gasteiger partial charge in [-0.3, -0.25) is 4.40 Å². The molecule has 3 nitrogen and oxygen atoms in total. The summed E-state index contributed by atoms with van der Waals surface area (Å²) in [6, 6.07) is 30.9. The molecule has 0 unspecified atom stereocenters. The van der Waals surface area contributed by atoms with Gasteiger partial charge in [0.05, 0.1) is 11.0 Å². The molecule has 3 aromatic heterocycles. The molecular weight excluding hydrogens is 426 g/mol. The van der Waals surface area contributed by atoms with E-state index in [2.05, 4.69) is 83.3 Å². The molecule has 0 spiro atoms. The summed E-state index contributed by atoms with van der Waals surface area (Å²) in [6.07, 6.45) is 3.88. The second-order valence-corrected chi connectivity index (χ2v) is 9.79. The molecule has 0 fully saturated rings. The lowest BCUT2D eigenvalue weighted by Gasteiger charge is -2.13. The van der Waals surface area contributed by atoms with Crippen LogP contribution in [0.2, 0.25) is 0 Å². The molecule has 35 heavy (non-hydrogen) atoms. The minimum absolute atomic E-state index is 0.963. The SMILES string of the molecule is c1ccc2c(c1)Cc1ccc3c(c1-2)Cc1ccc2c4cccnc4n4c5ccccc5nc4c2c1-3. The van der Waals surface area contributed by atoms with E-state index in [9.17, 15) is 0 Å². The third kappa shape index (κ3) is 2.12. The number of benzene rings is 4. The third-order valence-corrected chi connectivity index (χ3v) is 8.07. The van der Waals surface area contributed by atoms with Crippen LogP contribution in [0.5, 0.6) is 0 Å². The minimum Gasteiger partial charge on any atom is -0.276 e. The van der Waals surface area contributed by atoms with Gasteiger partial charge in [-0.1, -0.05) is 60.7 Å². The van der Waals surface area contributed by atoms with Crippen LogP contribution in [0.4, 0.5) is 0 Å². The molecule has 0 amide bonds. The number of hydrogen-bond acceptors (Lipinski definition) is 2. The van der Waals surface area contributed by atoms with Gasteiger partial charge in [-0.25, -0.2) is 9.97 Å². The van der Waals surface area contributed by atoms with E-state index in [-0.39, 0.29) is 0 Å². The number of nitrogens with zero attached hydrogens (tertiary/aromatic N) is 3. The summed E-state index contributed by atoms with van der Waals surface area (Å²) < 4.78 is 2.26. The maximum absolute atomic E-state index is 5.18. The molecule has 162 valence electrons. The molecule has 4 aromatic carbocycles. The Balaban J connectivity index is 1.48. The number of aromatic nitrogens is 3. The molecule has 2 aliphatic carbocycles. The van der Waals surface area contributed by atoms with Gasteiger partial charge in [0.1, 0.15) is 11.3 Å². The van der Waals surface area contributed by atoms with Gasteiger partial charge in [0.2, 0.25) is 0 Å². The molecule has 0 saturated heterocycles. The Kier molecular flexibility index (Phi) is 3.14. The Hall–Kier alpha value is -4.50. The zero-order valence-corrected chi connectivity index (χ0v) is 18.9. The van der Waals surface area contributed by atoms with E-state index in [1.807, 2.05) is 12.3 Å². The van der Waals surface area contributed by atoms with Gasteiger partial charge in [0.15, 0.2) is 0 Å². The summed E-state index contributed by atoms with van der Waals surface area (Å²) in [5.41, 5.74) is 15.4. The Bertz CT molecular complexity index is 2060. The van der Waals surface area contributed by atoms with Crippen LogP contribution in [-0.4, -0.2) is 14.4 Å². The predicted molar refractivity (Wildman–Crippen MR) is 142 cm³/mol. The monoisotopic (exact) mass is 445 g/mol. The van der Waals surface area contributed by atoms with E-state index < -0.39 is 0 Å². The topological polar surface area (TPSA) is 30.2 Å². The van der Waals surface area contributed by atoms with Crippen molar-refractivity contribution < 1.29 is 0 Å². The number of imidazole rings is 1. The van der Waals surface area contributed by atoms with Gasteiger partial charge in [-0.15, -0.1) is 0 Å². The van der Waals surface area contributed by atoms with Crippen LogP contribution < -0.4 is 0 Å². The van der Waals surface area contributed by atoms with Crippen LogP contribution in [0, 0.1) is 0 Å². The number of para-hydroxylation sites is 2. The number of pyridine rings is 2. The van der Waals surface area contributed by atoms with Gasteiger partial charge in [-0.2, -0.15) is 0 Å². The first-order chi connectivity index (χ1) is 17.4. The summed E-state index contributed by atoms with van der Waals surface area (Å²) in [7, 11) is 0. The average molecular weight is 446 g/mol. The zero-order chi connectivity index (χ0) is 22.7. The first-order valence-corrected chi connectivity index (χ1v) is 12.2. The van der Waals surface area contributed by atoms with E-state index in [1.54, 1.807) is 0 Å². The van der Waals surface area contributed by atoms with Crippen molar-refractivity contribution in [1.82, 2.24) is 14.4 Å². The average Bonchev–Trinajstić information content (AvgIpc) is 3.59. The van der Waals surface area contributed by atoms with Gasteiger partial charge in [0, 0.05) is 17.0 Å². The van der Waals surface area contributed by atoms with Crippen molar-refractivity contribution in [2.45, 2.75) is 12.8 Å². The van der Waals surface area contributed by atoms with Crippen LogP contribution >= 0.6 is 0 Å². The van der Waals surface area contributed by atoms with Crippen molar-refractivity contribution in [2.75, 3.05) is 0 Å². The van der Waals surface area contributed by atoms with Gasteiger partial charge in [0.25, 0.3) is 0 Å². The van der Waals surface area contributed by atoms with Crippen LogP contribution in [0.1, 0.15) is 22.3 Å². The largest absolute Gasteiger partial charge is 0.276 e. The van der Waals surface area contributed by atoms with Crippen molar-refractivity contribution in [1.29, 1.82) is 0 Å². The third-order valence-electron chi connectivity index (χ3n) is 8.07. The lowest BCUT2D eigenvalue weighted by molar-refractivity contribution is 1.23. The van der Waals surface area contributed by atoms with Gasteiger partial charge >= 0.3 is 0 Å². The molecule has 0 saturated carbocycles. The second kappa shape index (κ2) is 6.13. The number of hydrogen-bond donors (Lipinski definition) is 0. The highest BCUT2D eigenvalue weighted by Gasteiger charge is 2.30. The van der Waals surface area contributed by atoms with Crippen LogP contribution in [0.3, 0.4) is 0 Å². The number of fused-ring (bicyclic) bond motifs is 16. The molecule has 0 atom stereocenters. The smallest absolute Gasteiger partial charge is 0.148 e.